The molecule has 0 fully saturated rings. The van der Waals surface area contributed by atoms with Crippen molar-refractivity contribution in [2.24, 2.45) is 0 Å². The summed E-state index contributed by atoms with van der Waals surface area (Å²) in [6, 6.07) is 8.93. The molecule has 0 saturated carbocycles. The molecule has 0 aromatic heterocycles. The number of hydrogen-bond donors (Lipinski definition) is 1. The number of hydrogen-bond acceptors (Lipinski definition) is 2. The van der Waals surface area contributed by atoms with Crippen LogP contribution in [0.25, 0.3) is 0 Å². The minimum atomic E-state index is 0.336. The fourth-order valence-corrected chi connectivity index (χ4v) is 2.01. The number of rotatable bonds is 8. The van der Waals surface area contributed by atoms with Gasteiger partial charge in [0.1, 0.15) is 5.78 Å². The fourth-order valence-electron chi connectivity index (χ4n) is 2.01. The summed E-state index contributed by atoms with van der Waals surface area (Å²) in [5, 5.41) is 3.33. The monoisotopic (exact) mass is 261 g/mol. The molecule has 0 saturated heterocycles. The van der Waals surface area contributed by atoms with Crippen molar-refractivity contribution in [1.29, 1.82) is 0 Å². The molecule has 0 aliphatic carbocycles. The first-order valence-electron chi connectivity index (χ1n) is 7.33. The van der Waals surface area contributed by atoms with Crippen LogP contribution in [0.1, 0.15) is 57.6 Å². The van der Waals surface area contributed by atoms with E-state index in [9.17, 15) is 4.79 Å². The van der Waals surface area contributed by atoms with E-state index in [1.54, 1.807) is 0 Å². The highest BCUT2D eigenvalue weighted by molar-refractivity contribution is 5.80. The molecule has 106 valence electrons. The van der Waals surface area contributed by atoms with E-state index in [1.807, 2.05) is 0 Å². The van der Waals surface area contributed by atoms with Gasteiger partial charge in [0.05, 0.1) is 0 Å². The number of carbonyl (C=O) groups is 1. The van der Waals surface area contributed by atoms with Crippen molar-refractivity contribution in [2.45, 2.75) is 58.9 Å². The van der Waals surface area contributed by atoms with Gasteiger partial charge in [-0.15, -0.1) is 0 Å². The molecule has 2 nitrogen and oxygen atoms in total. The topological polar surface area (TPSA) is 29.1 Å². The maximum absolute atomic E-state index is 11.8. The summed E-state index contributed by atoms with van der Waals surface area (Å²) in [4.78, 5) is 11.8. The molecule has 0 radical (unpaired) electrons. The van der Waals surface area contributed by atoms with Crippen molar-refractivity contribution in [3.05, 3.63) is 35.4 Å². The Labute approximate surface area is 117 Å². The lowest BCUT2D eigenvalue weighted by Crippen LogP contribution is -2.24. The molecule has 0 unspecified atom stereocenters. The smallest absolute Gasteiger partial charge is 0.137 e. The molecule has 0 atom stereocenters. The lowest BCUT2D eigenvalue weighted by atomic mass is 9.99. The summed E-state index contributed by atoms with van der Waals surface area (Å²) >= 11 is 0. The number of ketones is 1. The van der Waals surface area contributed by atoms with Crippen LogP contribution in [-0.4, -0.2) is 18.4 Å². The van der Waals surface area contributed by atoms with Gasteiger partial charge in [0, 0.05) is 18.9 Å². The Hall–Kier alpha value is -1.15. The number of benzene rings is 1. The number of nitrogens with one attached hydrogen (secondary N) is 1. The lowest BCUT2D eigenvalue weighted by molar-refractivity contribution is -0.118. The molecule has 0 aliphatic rings. The first kappa shape index (κ1) is 15.9. The zero-order valence-corrected chi connectivity index (χ0v) is 12.7. The lowest BCUT2D eigenvalue weighted by Gasteiger charge is -2.08. The van der Waals surface area contributed by atoms with Crippen LogP contribution in [0.3, 0.4) is 0 Å². The Bertz CT molecular complexity index is 379. The van der Waals surface area contributed by atoms with E-state index in [1.165, 1.54) is 5.56 Å². The van der Waals surface area contributed by atoms with Gasteiger partial charge in [0.15, 0.2) is 0 Å². The molecule has 2 heteroatoms. The van der Waals surface area contributed by atoms with Crippen LogP contribution in [0, 0.1) is 0 Å². The minimum absolute atomic E-state index is 0.336. The van der Waals surface area contributed by atoms with Gasteiger partial charge < -0.3 is 5.32 Å². The Kier molecular flexibility index (Phi) is 6.79. The number of Topliss-reactive ketones (excluding diaryl/α,β-unsaturated/α-hetero) is 1. The molecule has 1 rings (SSSR count). The molecule has 1 N–H and O–H groups in total. The van der Waals surface area contributed by atoms with Crippen LogP contribution in [0.4, 0.5) is 0 Å². The van der Waals surface area contributed by atoms with Gasteiger partial charge >= 0.3 is 0 Å². The van der Waals surface area contributed by atoms with Crippen molar-refractivity contribution in [3.63, 3.8) is 0 Å². The fraction of sp³-hybridized carbons (Fsp3) is 0.588. The van der Waals surface area contributed by atoms with Gasteiger partial charge in [-0.2, -0.15) is 0 Å². The van der Waals surface area contributed by atoms with Crippen LogP contribution in [0.2, 0.25) is 0 Å². The van der Waals surface area contributed by atoms with Crippen molar-refractivity contribution in [3.8, 4) is 0 Å². The molecule has 0 spiro atoms. The third-order valence-corrected chi connectivity index (χ3v) is 3.23. The maximum atomic E-state index is 11.8. The van der Waals surface area contributed by atoms with Crippen molar-refractivity contribution in [1.82, 2.24) is 5.32 Å². The molecule has 1 aromatic carbocycles. The quantitative estimate of drug-likeness (QED) is 0.723. The minimum Gasteiger partial charge on any atom is -0.315 e. The second-order valence-corrected chi connectivity index (χ2v) is 5.82. The molecule has 0 bridgehead atoms. The van der Waals surface area contributed by atoms with Crippen molar-refractivity contribution < 1.29 is 4.79 Å². The molecule has 0 heterocycles. The maximum Gasteiger partial charge on any atom is 0.137 e. The second kappa shape index (κ2) is 8.11. The molecule has 19 heavy (non-hydrogen) atoms. The Morgan fingerprint density at radius 2 is 1.74 bits per heavy atom. The van der Waals surface area contributed by atoms with Gasteiger partial charge in [0.2, 0.25) is 0 Å². The van der Waals surface area contributed by atoms with E-state index in [4.69, 9.17) is 0 Å². The van der Waals surface area contributed by atoms with E-state index < -0.39 is 0 Å². The average molecular weight is 261 g/mol. The highest BCUT2D eigenvalue weighted by Gasteiger charge is 2.05. The van der Waals surface area contributed by atoms with E-state index >= 15 is 0 Å². The second-order valence-electron chi connectivity index (χ2n) is 5.82. The van der Waals surface area contributed by atoms with Crippen LogP contribution in [0.15, 0.2) is 24.3 Å². The largest absolute Gasteiger partial charge is 0.315 e. The van der Waals surface area contributed by atoms with Gasteiger partial charge in [-0.3, -0.25) is 4.79 Å². The van der Waals surface area contributed by atoms with E-state index in [0.717, 1.165) is 18.5 Å². The van der Waals surface area contributed by atoms with Gasteiger partial charge in [0.25, 0.3) is 0 Å². The first-order valence-corrected chi connectivity index (χ1v) is 7.33. The SMILES string of the molecule is CC(C)NCCCC(=O)Cc1ccc(C(C)C)cc1. The van der Waals surface area contributed by atoms with Crippen LogP contribution < -0.4 is 5.32 Å². The zero-order valence-electron chi connectivity index (χ0n) is 12.7. The summed E-state index contributed by atoms with van der Waals surface area (Å²) in [7, 11) is 0. The Balaban J connectivity index is 2.32. The molecule has 1 aromatic rings. The molecule has 0 amide bonds. The predicted molar refractivity (Wildman–Crippen MR) is 81.6 cm³/mol. The van der Waals surface area contributed by atoms with Crippen molar-refractivity contribution >= 4 is 5.78 Å². The zero-order chi connectivity index (χ0) is 14.3. The van der Waals surface area contributed by atoms with Crippen LogP contribution in [0.5, 0.6) is 0 Å². The predicted octanol–water partition coefficient (Wildman–Crippen LogP) is 3.70. The summed E-state index contributed by atoms with van der Waals surface area (Å²) < 4.78 is 0. The van der Waals surface area contributed by atoms with Gasteiger partial charge in [-0.25, -0.2) is 0 Å². The van der Waals surface area contributed by atoms with Crippen molar-refractivity contribution in [2.75, 3.05) is 6.54 Å². The van der Waals surface area contributed by atoms with E-state index in [2.05, 4.69) is 57.3 Å². The summed E-state index contributed by atoms with van der Waals surface area (Å²) in [6.07, 6.45) is 2.17. The molecule has 0 aliphatic heterocycles. The Morgan fingerprint density at radius 3 is 2.26 bits per heavy atom. The standard InChI is InChI=1S/C17H27NO/c1-13(2)16-9-7-15(8-10-16)12-17(19)6-5-11-18-14(3)4/h7-10,13-14,18H,5-6,11-12H2,1-4H3. The summed E-state index contributed by atoms with van der Waals surface area (Å²) in [5.74, 6) is 0.884. The normalized spacial score (nSPS) is 11.3. The van der Waals surface area contributed by atoms with Gasteiger partial charge in [-0.05, 0) is 30.0 Å². The summed E-state index contributed by atoms with van der Waals surface area (Å²) in [5.41, 5.74) is 2.46. The third-order valence-electron chi connectivity index (χ3n) is 3.23. The molecular weight excluding hydrogens is 234 g/mol. The van der Waals surface area contributed by atoms with Crippen LogP contribution >= 0.6 is 0 Å². The van der Waals surface area contributed by atoms with Gasteiger partial charge in [-0.1, -0.05) is 52.0 Å². The molecular formula is C17H27NO. The highest BCUT2D eigenvalue weighted by atomic mass is 16.1. The highest BCUT2D eigenvalue weighted by Crippen LogP contribution is 2.15. The van der Waals surface area contributed by atoms with Crippen LogP contribution in [-0.2, 0) is 11.2 Å². The third kappa shape index (κ3) is 6.53. The van der Waals surface area contributed by atoms with E-state index in [0.29, 0.717) is 30.6 Å². The summed E-state index contributed by atoms with van der Waals surface area (Å²) in [6.45, 7) is 9.54. The first-order chi connectivity index (χ1) is 8.99. The van der Waals surface area contributed by atoms with E-state index in [-0.39, 0.29) is 0 Å². The number of carbonyl (C=O) groups excluding carboxylic acids is 1. The Morgan fingerprint density at radius 1 is 1.11 bits per heavy atom. The average Bonchev–Trinajstić information content (AvgIpc) is 2.35.